The van der Waals surface area contributed by atoms with Crippen LogP contribution in [0.2, 0.25) is 5.02 Å². The number of benzene rings is 1. The van der Waals surface area contributed by atoms with Crippen LogP contribution in [0.25, 0.3) is 0 Å². The van der Waals surface area contributed by atoms with Crippen molar-refractivity contribution in [3.63, 3.8) is 0 Å². The predicted molar refractivity (Wildman–Crippen MR) is 51.0 cm³/mol. The minimum absolute atomic E-state index is 0.0111. The third kappa shape index (κ3) is 2.18. The van der Waals surface area contributed by atoms with E-state index >= 15 is 0 Å². The van der Waals surface area contributed by atoms with Gasteiger partial charge in [0.2, 0.25) is 0 Å². The fourth-order valence-electron chi connectivity index (χ4n) is 1.00. The third-order valence-corrected chi connectivity index (χ3v) is 2.06. The van der Waals surface area contributed by atoms with Crippen molar-refractivity contribution in [2.45, 2.75) is 6.17 Å². The summed E-state index contributed by atoms with van der Waals surface area (Å²) in [7, 11) is 0. The van der Waals surface area contributed by atoms with Crippen LogP contribution in [0.4, 0.5) is 10.1 Å². The second-order valence-corrected chi connectivity index (χ2v) is 3.08. The van der Waals surface area contributed by atoms with Gasteiger partial charge in [-0.2, -0.15) is 0 Å². The lowest BCUT2D eigenvalue weighted by Crippen LogP contribution is -2.07. The zero-order valence-electron chi connectivity index (χ0n) is 7.11. The maximum Gasteiger partial charge on any atom is 0.288 e. The summed E-state index contributed by atoms with van der Waals surface area (Å²) in [6, 6.07) is 3.77. The Morgan fingerprint density at radius 2 is 2.29 bits per heavy atom. The van der Waals surface area contributed by atoms with Crippen molar-refractivity contribution >= 4 is 17.3 Å². The molecule has 0 fully saturated rings. The number of halogens is 2. The van der Waals surface area contributed by atoms with E-state index in [4.69, 9.17) is 17.3 Å². The van der Waals surface area contributed by atoms with Crippen molar-refractivity contribution in [3.05, 3.63) is 38.9 Å². The number of rotatable bonds is 3. The minimum Gasteiger partial charge on any atom is -0.327 e. The van der Waals surface area contributed by atoms with Crippen molar-refractivity contribution < 1.29 is 9.31 Å². The van der Waals surface area contributed by atoms with Crippen LogP contribution >= 0.6 is 11.6 Å². The molecule has 0 aliphatic carbocycles. The summed E-state index contributed by atoms with van der Waals surface area (Å²) in [4.78, 5) is 9.79. The Morgan fingerprint density at radius 1 is 1.64 bits per heavy atom. The van der Waals surface area contributed by atoms with Gasteiger partial charge in [0.15, 0.2) is 0 Å². The Kier molecular flexibility index (Phi) is 3.38. The topological polar surface area (TPSA) is 69.2 Å². The molecule has 0 bridgehead atoms. The van der Waals surface area contributed by atoms with Crippen LogP contribution in [0.3, 0.4) is 0 Å². The minimum atomic E-state index is -1.40. The number of hydrogen-bond donors (Lipinski definition) is 1. The largest absolute Gasteiger partial charge is 0.327 e. The van der Waals surface area contributed by atoms with E-state index < -0.39 is 11.1 Å². The van der Waals surface area contributed by atoms with E-state index in [0.29, 0.717) is 0 Å². The van der Waals surface area contributed by atoms with Crippen molar-refractivity contribution in [1.82, 2.24) is 0 Å². The Morgan fingerprint density at radius 3 is 2.79 bits per heavy atom. The number of nitro benzene ring substituents is 1. The number of hydrogen-bond acceptors (Lipinski definition) is 3. The summed E-state index contributed by atoms with van der Waals surface area (Å²) < 4.78 is 13.0. The van der Waals surface area contributed by atoms with E-state index in [-0.39, 0.29) is 22.8 Å². The Labute approximate surface area is 84.6 Å². The summed E-state index contributed by atoms with van der Waals surface area (Å²) in [6.07, 6.45) is -1.40. The first-order chi connectivity index (χ1) is 6.56. The highest BCUT2D eigenvalue weighted by molar-refractivity contribution is 6.32. The second-order valence-electron chi connectivity index (χ2n) is 2.67. The van der Waals surface area contributed by atoms with Gasteiger partial charge < -0.3 is 5.73 Å². The lowest BCUT2D eigenvalue weighted by molar-refractivity contribution is -0.384. The molecule has 1 rings (SSSR count). The first kappa shape index (κ1) is 10.9. The van der Waals surface area contributed by atoms with Crippen molar-refractivity contribution in [2.75, 3.05) is 6.54 Å². The van der Waals surface area contributed by atoms with Crippen LogP contribution in [0.15, 0.2) is 18.2 Å². The average molecular weight is 219 g/mol. The van der Waals surface area contributed by atoms with Gasteiger partial charge in [-0.1, -0.05) is 17.7 Å². The van der Waals surface area contributed by atoms with E-state index in [1.165, 1.54) is 12.1 Å². The van der Waals surface area contributed by atoms with Crippen LogP contribution < -0.4 is 5.73 Å². The van der Waals surface area contributed by atoms with Crippen molar-refractivity contribution in [2.24, 2.45) is 5.73 Å². The van der Waals surface area contributed by atoms with Crippen LogP contribution in [-0.4, -0.2) is 11.5 Å². The van der Waals surface area contributed by atoms with Gasteiger partial charge in [-0.3, -0.25) is 10.1 Å². The van der Waals surface area contributed by atoms with Gasteiger partial charge in [-0.25, -0.2) is 4.39 Å². The molecule has 6 heteroatoms. The van der Waals surface area contributed by atoms with Crippen LogP contribution in [0, 0.1) is 10.1 Å². The average Bonchev–Trinajstić information content (AvgIpc) is 2.17. The molecule has 14 heavy (non-hydrogen) atoms. The number of nitro groups is 1. The molecule has 76 valence electrons. The summed E-state index contributed by atoms with van der Waals surface area (Å²) in [5.41, 5.74) is 4.96. The number of alkyl halides is 1. The van der Waals surface area contributed by atoms with E-state index in [2.05, 4.69) is 0 Å². The standard InChI is InChI=1S/C8H8ClFN2O2/c9-6-2-1-5(7(10)4-11)3-8(6)12(13)14/h1-3,7H,4,11H2. The zero-order chi connectivity index (χ0) is 10.7. The molecule has 1 aromatic carbocycles. The molecule has 0 amide bonds. The van der Waals surface area contributed by atoms with E-state index in [1.54, 1.807) is 0 Å². The van der Waals surface area contributed by atoms with Gasteiger partial charge in [0.05, 0.1) is 4.92 Å². The van der Waals surface area contributed by atoms with Gasteiger partial charge in [0, 0.05) is 12.6 Å². The molecule has 0 heterocycles. The molecular weight excluding hydrogens is 211 g/mol. The molecule has 0 aliphatic rings. The van der Waals surface area contributed by atoms with Gasteiger partial charge in [0.25, 0.3) is 5.69 Å². The zero-order valence-corrected chi connectivity index (χ0v) is 7.87. The molecule has 1 aromatic rings. The molecule has 4 nitrogen and oxygen atoms in total. The number of nitrogens with two attached hydrogens (primary N) is 1. The maximum absolute atomic E-state index is 13.0. The summed E-state index contributed by atoms with van der Waals surface area (Å²) in [5.74, 6) is 0. The molecule has 1 atom stereocenters. The number of nitrogens with zero attached hydrogens (tertiary/aromatic N) is 1. The Balaban J connectivity index is 3.12. The first-order valence-corrected chi connectivity index (χ1v) is 4.22. The molecule has 1 unspecified atom stereocenters. The SMILES string of the molecule is NCC(F)c1ccc(Cl)c([N+](=O)[O-])c1. The van der Waals surface area contributed by atoms with Gasteiger partial charge in [-0.15, -0.1) is 0 Å². The Bertz CT molecular complexity index is 359. The lowest BCUT2D eigenvalue weighted by atomic mass is 10.1. The third-order valence-electron chi connectivity index (χ3n) is 1.74. The van der Waals surface area contributed by atoms with E-state index in [0.717, 1.165) is 6.07 Å². The van der Waals surface area contributed by atoms with E-state index in [1.807, 2.05) is 0 Å². The van der Waals surface area contributed by atoms with Gasteiger partial charge >= 0.3 is 0 Å². The fourth-order valence-corrected chi connectivity index (χ4v) is 1.19. The molecule has 0 aromatic heterocycles. The molecule has 2 N–H and O–H groups in total. The summed E-state index contributed by atoms with van der Waals surface area (Å²) in [5, 5.41) is 10.4. The normalized spacial score (nSPS) is 12.5. The Hall–Kier alpha value is -1.20. The lowest BCUT2D eigenvalue weighted by Gasteiger charge is -2.05. The van der Waals surface area contributed by atoms with Gasteiger partial charge in [-0.05, 0) is 11.6 Å². The van der Waals surface area contributed by atoms with Crippen LogP contribution in [0.5, 0.6) is 0 Å². The smallest absolute Gasteiger partial charge is 0.288 e. The van der Waals surface area contributed by atoms with Crippen molar-refractivity contribution in [1.29, 1.82) is 0 Å². The second kappa shape index (κ2) is 4.34. The highest BCUT2D eigenvalue weighted by atomic mass is 35.5. The van der Waals surface area contributed by atoms with Crippen LogP contribution in [-0.2, 0) is 0 Å². The highest BCUT2D eigenvalue weighted by Crippen LogP contribution is 2.28. The van der Waals surface area contributed by atoms with E-state index in [9.17, 15) is 14.5 Å². The molecule has 0 aliphatic heterocycles. The highest BCUT2D eigenvalue weighted by Gasteiger charge is 2.16. The molecule has 0 spiro atoms. The monoisotopic (exact) mass is 218 g/mol. The first-order valence-electron chi connectivity index (χ1n) is 3.84. The van der Waals surface area contributed by atoms with Gasteiger partial charge in [0.1, 0.15) is 11.2 Å². The van der Waals surface area contributed by atoms with Crippen molar-refractivity contribution in [3.8, 4) is 0 Å². The molecular formula is C8H8ClFN2O2. The summed E-state index contributed by atoms with van der Waals surface area (Å²) in [6.45, 7) is -0.210. The maximum atomic E-state index is 13.0. The molecule has 0 saturated carbocycles. The summed E-state index contributed by atoms with van der Waals surface area (Å²) >= 11 is 5.54. The fraction of sp³-hybridized carbons (Fsp3) is 0.250. The predicted octanol–water partition coefficient (Wildman–Crippen LogP) is 2.22. The van der Waals surface area contributed by atoms with Crippen LogP contribution in [0.1, 0.15) is 11.7 Å². The quantitative estimate of drug-likeness (QED) is 0.625. The molecule has 0 radical (unpaired) electrons. The molecule has 0 saturated heterocycles.